The standard InChI is InChI=1S/C26H29FN4O2/c1-2-22(19-9-5-3-6-10-19)29-24(33)20-13-18(14-21(27)15-20)17-31-23(32)16-26(30-25(31)28)11-7-4-8-12-26/h2-3,5-6,9-10,13-15,22H,1,4,7-8,11-12,16-17H2,(H2,28,30)(H,29,33)/t22-/m0/s1. The van der Waals surface area contributed by atoms with Crippen LogP contribution < -0.4 is 10.6 Å². The van der Waals surface area contributed by atoms with Crippen molar-refractivity contribution in [1.29, 1.82) is 5.41 Å². The van der Waals surface area contributed by atoms with Crippen LogP contribution in [-0.2, 0) is 11.3 Å². The van der Waals surface area contributed by atoms with Gasteiger partial charge in [-0.05, 0) is 42.2 Å². The second kappa shape index (κ2) is 9.57. The van der Waals surface area contributed by atoms with Gasteiger partial charge in [0.2, 0.25) is 5.91 Å². The van der Waals surface area contributed by atoms with Crippen LogP contribution in [-0.4, -0.2) is 28.2 Å². The maximum absolute atomic E-state index is 14.4. The minimum absolute atomic E-state index is 0.0301. The number of hydrogen-bond acceptors (Lipinski definition) is 3. The second-order valence-electron chi connectivity index (χ2n) is 8.92. The molecule has 2 amide bonds. The molecule has 0 unspecified atom stereocenters. The van der Waals surface area contributed by atoms with Gasteiger partial charge < -0.3 is 10.6 Å². The number of hydrogen-bond donors (Lipinski definition) is 3. The molecule has 0 aromatic heterocycles. The topological polar surface area (TPSA) is 85.3 Å². The van der Waals surface area contributed by atoms with Crippen LogP contribution in [0.2, 0.25) is 0 Å². The molecule has 1 atom stereocenters. The number of nitrogens with zero attached hydrogens (tertiary/aromatic N) is 1. The predicted octanol–water partition coefficient (Wildman–Crippen LogP) is 4.44. The van der Waals surface area contributed by atoms with Crippen molar-refractivity contribution in [3.05, 3.63) is 83.7 Å². The zero-order valence-electron chi connectivity index (χ0n) is 18.6. The Hall–Kier alpha value is -3.48. The number of rotatable bonds is 6. The van der Waals surface area contributed by atoms with Crippen molar-refractivity contribution in [2.24, 2.45) is 0 Å². The Labute approximate surface area is 193 Å². The van der Waals surface area contributed by atoms with Crippen LogP contribution in [0.25, 0.3) is 0 Å². The van der Waals surface area contributed by atoms with E-state index >= 15 is 0 Å². The van der Waals surface area contributed by atoms with Crippen molar-refractivity contribution in [3.8, 4) is 0 Å². The molecule has 1 heterocycles. The molecule has 1 spiro atoms. The molecule has 1 saturated carbocycles. The van der Waals surface area contributed by atoms with E-state index in [1.165, 1.54) is 17.0 Å². The lowest BCUT2D eigenvalue weighted by Gasteiger charge is -2.45. The summed E-state index contributed by atoms with van der Waals surface area (Å²) < 4.78 is 14.4. The fourth-order valence-corrected chi connectivity index (χ4v) is 4.79. The van der Waals surface area contributed by atoms with Crippen molar-refractivity contribution in [1.82, 2.24) is 15.5 Å². The first-order valence-electron chi connectivity index (χ1n) is 11.3. The molecule has 6 nitrogen and oxygen atoms in total. The third-order valence-electron chi connectivity index (χ3n) is 6.50. The Bertz CT molecular complexity index is 1040. The number of halogens is 1. The van der Waals surface area contributed by atoms with E-state index in [2.05, 4.69) is 17.2 Å². The van der Waals surface area contributed by atoms with Gasteiger partial charge in [0, 0.05) is 11.1 Å². The lowest BCUT2D eigenvalue weighted by atomic mass is 9.78. The Morgan fingerprint density at radius 1 is 1.21 bits per heavy atom. The molecule has 33 heavy (non-hydrogen) atoms. The van der Waals surface area contributed by atoms with Crippen LogP contribution in [0.1, 0.15) is 66.1 Å². The molecule has 172 valence electrons. The van der Waals surface area contributed by atoms with Crippen molar-refractivity contribution >= 4 is 17.8 Å². The number of carbonyl (C=O) groups excluding carboxylic acids is 2. The fraction of sp³-hybridized carbons (Fsp3) is 0.346. The average Bonchev–Trinajstić information content (AvgIpc) is 2.80. The third kappa shape index (κ3) is 5.13. The Morgan fingerprint density at radius 3 is 2.61 bits per heavy atom. The molecule has 1 aliphatic heterocycles. The van der Waals surface area contributed by atoms with E-state index in [0.29, 0.717) is 12.0 Å². The van der Waals surface area contributed by atoms with Crippen molar-refractivity contribution in [2.75, 3.05) is 0 Å². The molecule has 2 fully saturated rings. The molecule has 7 heteroatoms. The van der Waals surface area contributed by atoms with Crippen LogP contribution >= 0.6 is 0 Å². The molecule has 0 radical (unpaired) electrons. The zero-order chi connectivity index (χ0) is 23.4. The monoisotopic (exact) mass is 448 g/mol. The van der Waals surface area contributed by atoms with Gasteiger partial charge in [0.25, 0.3) is 5.91 Å². The molecule has 2 aromatic rings. The van der Waals surface area contributed by atoms with Gasteiger partial charge in [-0.3, -0.25) is 19.9 Å². The summed E-state index contributed by atoms with van der Waals surface area (Å²) >= 11 is 0. The highest BCUT2D eigenvalue weighted by Gasteiger charge is 2.42. The quantitative estimate of drug-likeness (QED) is 0.571. The van der Waals surface area contributed by atoms with Crippen LogP contribution in [0.15, 0.2) is 61.2 Å². The van der Waals surface area contributed by atoms with Crippen LogP contribution in [0, 0.1) is 11.2 Å². The minimum Gasteiger partial charge on any atom is -0.350 e. The van der Waals surface area contributed by atoms with E-state index < -0.39 is 17.8 Å². The molecular weight excluding hydrogens is 419 g/mol. The smallest absolute Gasteiger partial charge is 0.252 e. The molecular formula is C26H29FN4O2. The van der Waals surface area contributed by atoms with Crippen LogP contribution in [0.5, 0.6) is 0 Å². The molecule has 3 N–H and O–H groups in total. The van der Waals surface area contributed by atoms with E-state index in [1.54, 1.807) is 12.1 Å². The molecule has 0 bridgehead atoms. The molecule has 1 saturated heterocycles. The summed E-state index contributed by atoms with van der Waals surface area (Å²) in [7, 11) is 0. The summed E-state index contributed by atoms with van der Waals surface area (Å²) in [5, 5.41) is 14.5. The van der Waals surface area contributed by atoms with Crippen molar-refractivity contribution in [3.63, 3.8) is 0 Å². The van der Waals surface area contributed by atoms with Gasteiger partial charge in [0.15, 0.2) is 5.96 Å². The molecule has 2 aromatic carbocycles. The number of nitrogens with one attached hydrogen (secondary N) is 3. The predicted molar refractivity (Wildman–Crippen MR) is 125 cm³/mol. The van der Waals surface area contributed by atoms with E-state index in [9.17, 15) is 14.0 Å². The highest BCUT2D eigenvalue weighted by Crippen LogP contribution is 2.34. The Kier molecular flexibility index (Phi) is 6.58. The SMILES string of the molecule is C=C[C@H](NC(=O)c1cc(F)cc(CN2C(=N)NC3(CCCCC3)CC2=O)c1)c1ccccc1. The van der Waals surface area contributed by atoms with Crippen molar-refractivity contribution in [2.45, 2.75) is 56.7 Å². The summed E-state index contributed by atoms with van der Waals surface area (Å²) in [5.74, 6) is -1.12. The maximum Gasteiger partial charge on any atom is 0.252 e. The highest BCUT2D eigenvalue weighted by atomic mass is 19.1. The summed E-state index contributed by atoms with van der Waals surface area (Å²) in [4.78, 5) is 27.1. The van der Waals surface area contributed by atoms with Gasteiger partial charge in [-0.25, -0.2) is 4.39 Å². The summed E-state index contributed by atoms with van der Waals surface area (Å²) in [5.41, 5.74) is 1.15. The van der Waals surface area contributed by atoms with Gasteiger partial charge in [-0.1, -0.05) is 55.7 Å². The summed E-state index contributed by atoms with van der Waals surface area (Å²) in [6, 6.07) is 13.0. The molecule has 4 rings (SSSR count). The highest BCUT2D eigenvalue weighted by molar-refractivity contribution is 5.99. The van der Waals surface area contributed by atoms with E-state index in [1.807, 2.05) is 30.3 Å². The van der Waals surface area contributed by atoms with E-state index in [0.717, 1.165) is 37.7 Å². The summed E-state index contributed by atoms with van der Waals surface area (Å²) in [6.45, 7) is 3.82. The van der Waals surface area contributed by atoms with Gasteiger partial charge in [0.05, 0.1) is 19.0 Å². The minimum atomic E-state index is -0.569. The first-order valence-corrected chi connectivity index (χ1v) is 11.3. The van der Waals surface area contributed by atoms with Gasteiger partial charge in [-0.15, -0.1) is 6.58 Å². The van der Waals surface area contributed by atoms with Crippen LogP contribution in [0.3, 0.4) is 0 Å². The Balaban J connectivity index is 1.48. The number of amides is 2. The largest absolute Gasteiger partial charge is 0.350 e. The van der Waals surface area contributed by atoms with Gasteiger partial charge in [-0.2, -0.15) is 0 Å². The normalized spacial score (nSPS) is 18.5. The second-order valence-corrected chi connectivity index (χ2v) is 8.92. The lowest BCUT2D eigenvalue weighted by Crippen LogP contribution is -2.62. The average molecular weight is 449 g/mol. The van der Waals surface area contributed by atoms with Crippen molar-refractivity contribution < 1.29 is 14.0 Å². The fourth-order valence-electron chi connectivity index (χ4n) is 4.79. The van der Waals surface area contributed by atoms with Crippen LogP contribution in [0.4, 0.5) is 4.39 Å². The van der Waals surface area contributed by atoms with Gasteiger partial charge >= 0.3 is 0 Å². The maximum atomic E-state index is 14.4. The first kappa shape index (κ1) is 22.7. The number of carbonyl (C=O) groups is 2. The Morgan fingerprint density at radius 2 is 1.94 bits per heavy atom. The zero-order valence-corrected chi connectivity index (χ0v) is 18.6. The third-order valence-corrected chi connectivity index (χ3v) is 6.50. The number of guanidine groups is 1. The lowest BCUT2D eigenvalue weighted by molar-refractivity contribution is -0.131. The molecule has 2 aliphatic rings. The van der Waals surface area contributed by atoms with E-state index in [-0.39, 0.29) is 29.5 Å². The van der Waals surface area contributed by atoms with E-state index in [4.69, 9.17) is 5.41 Å². The van der Waals surface area contributed by atoms with Gasteiger partial charge in [0.1, 0.15) is 5.82 Å². The summed E-state index contributed by atoms with van der Waals surface area (Å²) in [6.07, 6.45) is 6.95. The number of benzene rings is 2. The first-order chi connectivity index (χ1) is 15.9. The molecule has 1 aliphatic carbocycles.